The Bertz CT molecular complexity index is 526. The van der Waals surface area contributed by atoms with E-state index in [1.54, 1.807) is 0 Å². The Hall–Kier alpha value is -1.05. The SMILES string of the molecule is CC1CCCC(n2ccc3c2CC(C)(C)CC3=O)C1C. The molecule has 110 valence electrons. The van der Waals surface area contributed by atoms with E-state index in [0.29, 0.717) is 24.2 Å². The van der Waals surface area contributed by atoms with Crippen LogP contribution >= 0.6 is 0 Å². The van der Waals surface area contributed by atoms with E-state index < -0.39 is 0 Å². The fraction of sp³-hybridized carbons (Fsp3) is 0.722. The maximum absolute atomic E-state index is 12.3. The predicted octanol–water partition coefficient (Wildman–Crippen LogP) is 4.64. The van der Waals surface area contributed by atoms with Crippen LogP contribution in [0.2, 0.25) is 0 Å². The maximum Gasteiger partial charge on any atom is 0.165 e. The quantitative estimate of drug-likeness (QED) is 0.730. The molecule has 0 radical (unpaired) electrons. The van der Waals surface area contributed by atoms with Crippen molar-refractivity contribution in [1.29, 1.82) is 0 Å². The first-order chi connectivity index (χ1) is 9.39. The van der Waals surface area contributed by atoms with Crippen molar-refractivity contribution in [3.63, 3.8) is 0 Å². The van der Waals surface area contributed by atoms with Gasteiger partial charge in [0, 0.05) is 29.9 Å². The van der Waals surface area contributed by atoms with Gasteiger partial charge in [-0.25, -0.2) is 0 Å². The largest absolute Gasteiger partial charge is 0.347 e. The second-order valence-electron chi connectivity index (χ2n) is 7.86. The van der Waals surface area contributed by atoms with Gasteiger partial charge in [-0.15, -0.1) is 0 Å². The zero-order chi connectivity index (χ0) is 14.5. The highest BCUT2D eigenvalue weighted by molar-refractivity contribution is 5.98. The Kier molecular flexibility index (Phi) is 3.30. The number of carbonyl (C=O) groups is 1. The fourth-order valence-electron chi connectivity index (χ4n) is 4.22. The number of hydrogen-bond acceptors (Lipinski definition) is 1. The topological polar surface area (TPSA) is 22.0 Å². The Morgan fingerprint density at radius 2 is 1.95 bits per heavy atom. The van der Waals surface area contributed by atoms with Crippen molar-refractivity contribution in [1.82, 2.24) is 4.57 Å². The van der Waals surface area contributed by atoms with Gasteiger partial charge in [0.15, 0.2) is 5.78 Å². The number of carbonyl (C=O) groups excluding carboxylic acids is 1. The van der Waals surface area contributed by atoms with E-state index >= 15 is 0 Å². The average molecular weight is 273 g/mol. The van der Waals surface area contributed by atoms with E-state index in [9.17, 15) is 4.79 Å². The number of nitrogens with zero attached hydrogens (tertiary/aromatic N) is 1. The van der Waals surface area contributed by atoms with Crippen LogP contribution in [0.5, 0.6) is 0 Å². The lowest BCUT2D eigenvalue weighted by Gasteiger charge is -2.38. The molecule has 0 spiro atoms. The lowest BCUT2D eigenvalue weighted by atomic mass is 9.75. The second kappa shape index (κ2) is 4.75. The van der Waals surface area contributed by atoms with Gasteiger partial charge in [-0.1, -0.05) is 40.5 Å². The van der Waals surface area contributed by atoms with Gasteiger partial charge in [-0.05, 0) is 36.2 Å². The number of ketones is 1. The lowest BCUT2D eigenvalue weighted by Crippen LogP contribution is -2.32. The highest BCUT2D eigenvalue weighted by Gasteiger charge is 2.36. The standard InChI is InChI=1S/C18H27NO/c1-12-6-5-7-15(13(12)2)19-9-8-14-16(19)10-18(3,4)11-17(14)20/h8-9,12-13,15H,5-7,10-11H2,1-4H3. The Morgan fingerprint density at radius 1 is 1.20 bits per heavy atom. The molecule has 20 heavy (non-hydrogen) atoms. The first-order valence-electron chi connectivity index (χ1n) is 8.12. The lowest BCUT2D eigenvalue weighted by molar-refractivity contribution is 0.0906. The van der Waals surface area contributed by atoms with E-state index in [1.807, 2.05) is 0 Å². The minimum absolute atomic E-state index is 0.115. The number of fused-ring (bicyclic) bond motifs is 1. The molecule has 2 nitrogen and oxygen atoms in total. The number of rotatable bonds is 1. The van der Waals surface area contributed by atoms with Gasteiger partial charge in [0.1, 0.15) is 0 Å². The monoisotopic (exact) mass is 273 g/mol. The molecule has 0 aromatic carbocycles. The summed E-state index contributed by atoms with van der Waals surface area (Å²) in [6.45, 7) is 9.20. The molecule has 3 atom stereocenters. The Morgan fingerprint density at radius 3 is 2.70 bits per heavy atom. The molecule has 0 N–H and O–H groups in total. The third-order valence-corrected chi connectivity index (χ3v) is 5.63. The Balaban J connectivity index is 1.98. The van der Waals surface area contributed by atoms with Crippen LogP contribution in [-0.2, 0) is 6.42 Å². The summed E-state index contributed by atoms with van der Waals surface area (Å²) in [7, 11) is 0. The van der Waals surface area contributed by atoms with Crippen molar-refractivity contribution in [2.75, 3.05) is 0 Å². The molecule has 0 saturated heterocycles. The van der Waals surface area contributed by atoms with Crippen LogP contribution < -0.4 is 0 Å². The summed E-state index contributed by atoms with van der Waals surface area (Å²) in [5.41, 5.74) is 2.41. The van der Waals surface area contributed by atoms with E-state index in [1.165, 1.54) is 25.0 Å². The summed E-state index contributed by atoms with van der Waals surface area (Å²) in [6, 6.07) is 2.66. The van der Waals surface area contributed by atoms with Crippen LogP contribution in [0.3, 0.4) is 0 Å². The Labute approximate surface area is 122 Å². The molecular weight excluding hydrogens is 246 g/mol. The van der Waals surface area contributed by atoms with Gasteiger partial charge in [0.05, 0.1) is 0 Å². The smallest absolute Gasteiger partial charge is 0.165 e. The van der Waals surface area contributed by atoms with E-state index in [0.717, 1.165) is 17.9 Å². The molecule has 2 heteroatoms. The van der Waals surface area contributed by atoms with Gasteiger partial charge in [0.2, 0.25) is 0 Å². The van der Waals surface area contributed by atoms with Crippen LogP contribution in [0.1, 0.15) is 75.5 Å². The first kappa shape index (κ1) is 13.9. The third kappa shape index (κ3) is 2.23. The number of Topliss-reactive ketones (excluding diaryl/α,β-unsaturated/α-hetero) is 1. The minimum atomic E-state index is 0.115. The van der Waals surface area contributed by atoms with E-state index in [-0.39, 0.29) is 5.41 Å². The van der Waals surface area contributed by atoms with E-state index in [2.05, 4.69) is 44.5 Å². The van der Waals surface area contributed by atoms with Crippen molar-refractivity contribution >= 4 is 5.78 Å². The van der Waals surface area contributed by atoms with Gasteiger partial charge >= 0.3 is 0 Å². The molecule has 1 saturated carbocycles. The molecular formula is C18H27NO. The molecule has 2 aliphatic carbocycles. The molecule has 1 fully saturated rings. The molecule has 0 bridgehead atoms. The zero-order valence-corrected chi connectivity index (χ0v) is 13.3. The zero-order valence-electron chi connectivity index (χ0n) is 13.3. The molecule has 1 aromatic rings. The molecule has 1 heterocycles. The predicted molar refractivity (Wildman–Crippen MR) is 82.1 cm³/mol. The van der Waals surface area contributed by atoms with Crippen molar-refractivity contribution in [3.8, 4) is 0 Å². The van der Waals surface area contributed by atoms with Gasteiger partial charge in [-0.2, -0.15) is 0 Å². The molecule has 3 unspecified atom stereocenters. The number of hydrogen-bond donors (Lipinski definition) is 0. The van der Waals surface area contributed by atoms with Crippen molar-refractivity contribution in [2.45, 2.75) is 65.8 Å². The summed E-state index contributed by atoms with van der Waals surface area (Å²) < 4.78 is 2.45. The third-order valence-electron chi connectivity index (χ3n) is 5.63. The normalized spacial score (nSPS) is 33.0. The van der Waals surface area contributed by atoms with E-state index in [4.69, 9.17) is 0 Å². The van der Waals surface area contributed by atoms with Crippen LogP contribution in [-0.4, -0.2) is 10.4 Å². The minimum Gasteiger partial charge on any atom is -0.347 e. The van der Waals surface area contributed by atoms with Gasteiger partial charge in [-0.3, -0.25) is 4.79 Å². The highest BCUT2D eigenvalue weighted by atomic mass is 16.1. The maximum atomic E-state index is 12.3. The van der Waals surface area contributed by atoms with Crippen molar-refractivity contribution in [3.05, 3.63) is 23.5 Å². The first-order valence-corrected chi connectivity index (χ1v) is 8.12. The fourth-order valence-corrected chi connectivity index (χ4v) is 4.22. The highest BCUT2D eigenvalue weighted by Crippen LogP contribution is 2.42. The summed E-state index contributed by atoms with van der Waals surface area (Å²) in [6.07, 6.45) is 7.86. The van der Waals surface area contributed by atoms with Crippen molar-refractivity contribution < 1.29 is 4.79 Å². The molecule has 0 aliphatic heterocycles. The summed E-state index contributed by atoms with van der Waals surface area (Å²) in [4.78, 5) is 12.3. The molecule has 0 amide bonds. The summed E-state index contributed by atoms with van der Waals surface area (Å²) in [5.74, 6) is 1.84. The van der Waals surface area contributed by atoms with Gasteiger partial charge < -0.3 is 4.57 Å². The van der Waals surface area contributed by atoms with Crippen LogP contribution in [0.25, 0.3) is 0 Å². The van der Waals surface area contributed by atoms with Crippen molar-refractivity contribution in [2.24, 2.45) is 17.3 Å². The summed E-state index contributed by atoms with van der Waals surface area (Å²) >= 11 is 0. The summed E-state index contributed by atoms with van der Waals surface area (Å²) in [5, 5.41) is 0. The average Bonchev–Trinajstić information content (AvgIpc) is 2.75. The van der Waals surface area contributed by atoms with Crippen LogP contribution in [0, 0.1) is 17.3 Å². The second-order valence-corrected chi connectivity index (χ2v) is 7.86. The molecule has 3 rings (SSSR count). The number of aromatic nitrogens is 1. The van der Waals surface area contributed by atoms with Gasteiger partial charge in [0.25, 0.3) is 0 Å². The molecule has 2 aliphatic rings. The van der Waals surface area contributed by atoms with Crippen LogP contribution in [0.15, 0.2) is 12.3 Å². The molecule has 1 aromatic heterocycles. The van der Waals surface area contributed by atoms with Crippen LogP contribution in [0.4, 0.5) is 0 Å².